The maximum atomic E-state index is 13.6. The smallest absolute Gasteiger partial charge is 0.291 e. The van der Waals surface area contributed by atoms with Crippen molar-refractivity contribution >= 4 is 29.3 Å². The van der Waals surface area contributed by atoms with Gasteiger partial charge in [-0.25, -0.2) is 4.39 Å². The van der Waals surface area contributed by atoms with Crippen LogP contribution in [0.1, 0.15) is 38.9 Å². The average Bonchev–Trinajstić information content (AvgIpc) is 3.24. The number of fused-ring (bicyclic) bond motifs is 1. The number of benzene rings is 2. The predicted molar refractivity (Wildman–Crippen MR) is 105 cm³/mol. The van der Waals surface area contributed by atoms with Gasteiger partial charge in [-0.15, -0.1) is 11.8 Å². The van der Waals surface area contributed by atoms with E-state index in [1.54, 1.807) is 54.2 Å². The Morgan fingerprint density at radius 3 is 2.64 bits per heavy atom. The molecule has 2 N–H and O–H groups in total. The fourth-order valence-corrected chi connectivity index (χ4v) is 4.17. The van der Waals surface area contributed by atoms with Crippen LogP contribution >= 0.6 is 11.8 Å². The first-order chi connectivity index (χ1) is 13.6. The summed E-state index contributed by atoms with van der Waals surface area (Å²) in [4.78, 5) is 25.6. The van der Waals surface area contributed by atoms with Crippen LogP contribution in [-0.2, 0) is 0 Å². The Kier molecular flexibility index (Phi) is 5.16. The van der Waals surface area contributed by atoms with Crippen LogP contribution < -0.4 is 10.6 Å². The van der Waals surface area contributed by atoms with Crippen molar-refractivity contribution in [2.24, 2.45) is 0 Å². The first kappa shape index (κ1) is 18.3. The number of thioether (sulfide) groups is 1. The molecule has 1 unspecified atom stereocenters. The quantitative estimate of drug-likeness (QED) is 0.674. The lowest BCUT2D eigenvalue weighted by Crippen LogP contribution is -2.30. The Hall–Kier alpha value is -3.06. The summed E-state index contributed by atoms with van der Waals surface area (Å²) < 4.78 is 18.7. The van der Waals surface area contributed by atoms with Crippen molar-refractivity contribution in [1.29, 1.82) is 0 Å². The van der Waals surface area contributed by atoms with E-state index in [2.05, 4.69) is 10.6 Å². The van der Waals surface area contributed by atoms with Crippen LogP contribution in [0.25, 0.3) is 0 Å². The molecule has 0 bridgehead atoms. The second kappa shape index (κ2) is 7.90. The van der Waals surface area contributed by atoms with E-state index in [0.29, 0.717) is 11.3 Å². The Labute approximate surface area is 165 Å². The van der Waals surface area contributed by atoms with Crippen LogP contribution in [0.15, 0.2) is 70.2 Å². The van der Waals surface area contributed by atoms with E-state index in [1.807, 2.05) is 0 Å². The van der Waals surface area contributed by atoms with Gasteiger partial charge in [0.2, 0.25) is 0 Å². The van der Waals surface area contributed by atoms with E-state index in [1.165, 1.54) is 18.4 Å². The summed E-state index contributed by atoms with van der Waals surface area (Å²) in [6.45, 7) is 0. The van der Waals surface area contributed by atoms with Crippen LogP contribution in [0, 0.1) is 5.82 Å². The van der Waals surface area contributed by atoms with Crippen LogP contribution in [0.3, 0.4) is 0 Å². The summed E-state index contributed by atoms with van der Waals surface area (Å²) in [5.74, 6) is 0.165. The lowest BCUT2D eigenvalue weighted by Gasteiger charge is -2.26. The Morgan fingerprint density at radius 2 is 1.89 bits per heavy atom. The number of nitrogens with one attached hydrogen (secondary N) is 2. The SMILES string of the molecule is O=C(NC1CCSc2ccc(F)cc21)c1ccc(NC(=O)c2ccco2)cc1. The highest BCUT2D eigenvalue weighted by Gasteiger charge is 2.23. The molecule has 0 saturated heterocycles. The van der Waals surface area contributed by atoms with Crippen LogP contribution in [0.5, 0.6) is 0 Å². The molecule has 4 rings (SSSR count). The van der Waals surface area contributed by atoms with E-state index in [4.69, 9.17) is 4.42 Å². The highest BCUT2D eigenvalue weighted by Crippen LogP contribution is 2.36. The van der Waals surface area contributed by atoms with E-state index in [0.717, 1.165) is 22.6 Å². The first-order valence-corrected chi connectivity index (χ1v) is 9.77. The van der Waals surface area contributed by atoms with Gasteiger partial charge in [0.15, 0.2) is 5.76 Å². The molecule has 7 heteroatoms. The third-order valence-electron chi connectivity index (χ3n) is 4.47. The van der Waals surface area contributed by atoms with Crippen LogP contribution in [0.2, 0.25) is 0 Å². The zero-order valence-electron chi connectivity index (χ0n) is 14.8. The molecule has 2 amide bonds. The minimum Gasteiger partial charge on any atom is -0.459 e. The Balaban J connectivity index is 1.43. The molecule has 28 heavy (non-hydrogen) atoms. The van der Waals surface area contributed by atoms with Gasteiger partial charge in [0.1, 0.15) is 5.82 Å². The zero-order valence-corrected chi connectivity index (χ0v) is 15.6. The molecule has 2 heterocycles. The van der Waals surface area contributed by atoms with E-state index >= 15 is 0 Å². The standard InChI is InChI=1S/C21H17FN2O3S/c22-14-5-8-19-16(12-14)17(9-11-28-19)24-20(25)13-3-6-15(7-4-13)23-21(26)18-2-1-10-27-18/h1-8,10,12,17H,9,11H2,(H,23,26)(H,24,25). The summed E-state index contributed by atoms with van der Waals surface area (Å²) in [5, 5.41) is 5.68. The first-order valence-electron chi connectivity index (χ1n) is 8.78. The minimum absolute atomic E-state index is 0.211. The Bertz CT molecular complexity index is 1000. The fourth-order valence-electron chi connectivity index (χ4n) is 3.06. The van der Waals surface area contributed by atoms with Gasteiger partial charge in [-0.3, -0.25) is 9.59 Å². The van der Waals surface area contributed by atoms with Crippen molar-refractivity contribution in [3.05, 3.63) is 83.6 Å². The summed E-state index contributed by atoms with van der Waals surface area (Å²) in [5.41, 5.74) is 1.83. The highest BCUT2D eigenvalue weighted by molar-refractivity contribution is 7.99. The largest absolute Gasteiger partial charge is 0.459 e. The molecule has 0 spiro atoms. The van der Waals surface area contributed by atoms with E-state index in [-0.39, 0.29) is 29.4 Å². The molecule has 1 aromatic heterocycles. The van der Waals surface area contributed by atoms with Gasteiger partial charge in [0.05, 0.1) is 12.3 Å². The molecule has 0 radical (unpaired) electrons. The van der Waals surface area contributed by atoms with Crippen molar-refractivity contribution in [3.8, 4) is 0 Å². The van der Waals surface area contributed by atoms with Crippen molar-refractivity contribution in [2.75, 3.05) is 11.1 Å². The third-order valence-corrected chi connectivity index (χ3v) is 5.59. The number of anilines is 1. The monoisotopic (exact) mass is 396 g/mol. The number of hydrogen-bond acceptors (Lipinski definition) is 4. The normalized spacial score (nSPS) is 15.5. The van der Waals surface area contributed by atoms with Gasteiger partial charge in [0, 0.05) is 21.9 Å². The maximum absolute atomic E-state index is 13.6. The Morgan fingerprint density at radius 1 is 1.07 bits per heavy atom. The van der Waals surface area contributed by atoms with Crippen LogP contribution in [0.4, 0.5) is 10.1 Å². The lowest BCUT2D eigenvalue weighted by atomic mass is 10.0. The number of rotatable bonds is 4. The number of amides is 2. The number of carbonyl (C=O) groups is 2. The molecule has 1 aliphatic heterocycles. The molecule has 5 nitrogen and oxygen atoms in total. The summed E-state index contributed by atoms with van der Waals surface area (Å²) in [7, 11) is 0. The molecule has 142 valence electrons. The molecular weight excluding hydrogens is 379 g/mol. The second-order valence-corrected chi connectivity index (χ2v) is 7.49. The van der Waals surface area contributed by atoms with Gasteiger partial charge in [-0.2, -0.15) is 0 Å². The highest BCUT2D eigenvalue weighted by atomic mass is 32.2. The zero-order chi connectivity index (χ0) is 19.5. The van der Waals surface area contributed by atoms with Crippen molar-refractivity contribution in [3.63, 3.8) is 0 Å². The molecule has 0 aliphatic carbocycles. The van der Waals surface area contributed by atoms with E-state index in [9.17, 15) is 14.0 Å². The molecule has 3 aromatic rings. The second-order valence-electron chi connectivity index (χ2n) is 6.35. The summed E-state index contributed by atoms with van der Waals surface area (Å²) in [6.07, 6.45) is 2.17. The van der Waals surface area contributed by atoms with Crippen molar-refractivity contribution in [1.82, 2.24) is 5.32 Å². The molecular formula is C21H17FN2O3S. The predicted octanol–water partition coefficient (Wildman–Crippen LogP) is 4.64. The third kappa shape index (κ3) is 3.94. The van der Waals surface area contributed by atoms with Gasteiger partial charge in [0.25, 0.3) is 11.8 Å². The van der Waals surface area contributed by atoms with Gasteiger partial charge >= 0.3 is 0 Å². The molecule has 1 aliphatic rings. The minimum atomic E-state index is -0.361. The number of furan rings is 1. The van der Waals surface area contributed by atoms with Crippen molar-refractivity contribution < 1.29 is 18.4 Å². The van der Waals surface area contributed by atoms with Crippen molar-refractivity contribution in [2.45, 2.75) is 17.4 Å². The number of hydrogen-bond donors (Lipinski definition) is 2. The number of halogens is 1. The topological polar surface area (TPSA) is 71.3 Å². The molecule has 1 atom stereocenters. The average molecular weight is 396 g/mol. The lowest BCUT2D eigenvalue weighted by molar-refractivity contribution is 0.0934. The molecule has 0 fully saturated rings. The number of carbonyl (C=O) groups excluding carboxylic acids is 2. The van der Waals surface area contributed by atoms with E-state index < -0.39 is 0 Å². The molecule has 2 aromatic carbocycles. The maximum Gasteiger partial charge on any atom is 0.291 e. The van der Waals surface area contributed by atoms with Gasteiger partial charge in [-0.05, 0) is 66.6 Å². The van der Waals surface area contributed by atoms with Gasteiger partial charge in [-0.1, -0.05) is 0 Å². The van der Waals surface area contributed by atoms with Crippen LogP contribution in [-0.4, -0.2) is 17.6 Å². The fraction of sp³-hybridized carbons (Fsp3) is 0.143. The van der Waals surface area contributed by atoms with Gasteiger partial charge < -0.3 is 15.1 Å². The molecule has 0 saturated carbocycles. The summed E-state index contributed by atoms with van der Waals surface area (Å²) >= 11 is 1.66. The summed E-state index contributed by atoms with van der Waals surface area (Å²) in [6, 6.07) is 14.2.